The molecular weight excluding hydrogens is 354 g/mol. The highest BCUT2D eigenvalue weighted by atomic mass is 32.2. The summed E-state index contributed by atoms with van der Waals surface area (Å²) in [6, 6.07) is 14.0. The number of carbonyl (C=O) groups excluding carboxylic acids is 3. The molecule has 1 N–H and O–H groups in total. The van der Waals surface area contributed by atoms with E-state index in [1.54, 1.807) is 12.1 Å². The topological polar surface area (TPSA) is 92.4 Å². The molecule has 3 aromatic rings. The molecule has 0 fully saturated rings. The van der Waals surface area contributed by atoms with E-state index in [1.165, 1.54) is 23.9 Å². The number of nitrogens with zero attached hydrogens (tertiary/aromatic N) is 2. The number of para-hydroxylation sites is 2. The van der Waals surface area contributed by atoms with Gasteiger partial charge in [0.2, 0.25) is 0 Å². The van der Waals surface area contributed by atoms with Crippen LogP contribution in [0.5, 0.6) is 0 Å². The largest absolute Gasteiger partial charge is 0.343 e. The first-order chi connectivity index (χ1) is 12.6. The maximum absolute atomic E-state index is 12.1. The van der Waals surface area contributed by atoms with E-state index in [0.717, 1.165) is 16.9 Å². The van der Waals surface area contributed by atoms with Crippen LogP contribution in [-0.2, 0) is 15.4 Å². The third-order valence-electron chi connectivity index (χ3n) is 3.85. The summed E-state index contributed by atoms with van der Waals surface area (Å²) < 4.78 is 0. The summed E-state index contributed by atoms with van der Waals surface area (Å²) in [4.78, 5) is 48.8. The highest BCUT2D eigenvalue weighted by Crippen LogP contribution is 2.23. The van der Waals surface area contributed by atoms with Crippen molar-refractivity contribution in [3.63, 3.8) is 0 Å². The van der Waals surface area contributed by atoms with Crippen LogP contribution in [0.2, 0.25) is 0 Å². The summed E-state index contributed by atoms with van der Waals surface area (Å²) in [7, 11) is 0. The molecule has 26 heavy (non-hydrogen) atoms. The minimum atomic E-state index is -0.666. The lowest BCUT2D eigenvalue weighted by atomic mass is 10.1. The Balaban J connectivity index is 1.33. The van der Waals surface area contributed by atoms with Gasteiger partial charge in [-0.15, -0.1) is 11.8 Å². The highest BCUT2D eigenvalue weighted by Gasteiger charge is 2.38. The molecule has 0 unspecified atom stereocenters. The molecule has 0 saturated carbocycles. The molecule has 8 heteroatoms. The molecule has 1 aliphatic heterocycles. The van der Waals surface area contributed by atoms with E-state index in [0.29, 0.717) is 10.8 Å². The van der Waals surface area contributed by atoms with Crippen molar-refractivity contribution < 1.29 is 19.2 Å². The Morgan fingerprint density at radius 1 is 1.04 bits per heavy atom. The number of benzene rings is 2. The molecule has 0 radical (unpaired) electrons. The second-order valence-electron chi connectivity index (χ2n) is 5.61. The molecule has 0 bridgehead atoms. The first kappa shape index (κ1) is 16.3. The number of hydroxylamine groups is 2. The van der Waals surface area contributed by atoms with Gasteiger partial charge in [0.25, 0.3) is 11.8 Å². The van der Waals surface area contributed by atoms with Crippen molar-refractivity contribution in [1.82, 2.24) is 15.0 Å². The van der Waals surface area contributed by atoms with Crippen LogP contribution >= 0.6 is 11.8 Å². The number of carbonyl (C=O) groups is 3. The number of hydrogen-bond acceptors (Lipinski definition) is 6. The molecule has 0 spiro atoms. The number of hydrogen-bond donors (Lipinski definition) is 1. The number of thioether (sulfide) groups is 1. The molecule has 0 atom stereocenters. The van der Waals surface area contributed by atoms with Crippen molar-refractivity contribution in [2.75, 3.05) is 5.75 Å². The number of aromatic amines is 1. The number of imidazole rings is 1. The average Bonchev–Trinajstić information content (AvgIpc) is 3.16. The molecule has 1 aromatic heterocycles. The summed E-state index contributed by atoms with van der Waals surface area (Å²) in [5, 5.41) is 0.523. The van der Waals surface area contributed by atoms with E-state index < -0.39 is 17.8 Å². The predicted octanol–water partition coefficient (Wildman–Crippen LogP) is 2.55. The van der Waals surface area contributed by atoms with E-state index in [4.69, 9.17) is 4.84 Å². The van der Waals surface area contributed by atoms with E-state index in [9.17, 15) is 14.4 Å². The molecule has 1 aliphatic rings. The predicted molar refractivity (Wildman–Crippen MR) is 95.3 cm³/mol. The van der Waals surface area contributed by atoms with E-state index in [1.807, 2.05) is 24.3 Å². The van der Waals surface area contributed by atoms with Crippen LogP contribution in [0.25, 0.3) is 11.0 Å². The van der Waals surface area contributed by atoms with E-state index in [2.05, 4.69) is 9.97 Å². The Labute approximate surface area is 152 Å². The first-order valence-electron chi connectivity index (χ1n) is 7.83. The SMILES string of the molecule is O=C(CSCc1nc2ccccc2[nH]1)ON1C(=O)c2ccccc2C1=O. The van der Waals surface area contributed by atoms with Gasteiger partial charge in [-0.2, -0.15) is 0 Å². The summed E-state index contributed by atoms with van der Waals surface area (Å²) >= 11 is 1.28. The molecule has 130 valence electrons. The second-order valence-corrected chi connectivity index (χ2v) is 6.59. The molecule has 0 aliphatic carbocycles. The van der Waals surface area contributed by atoms with Gasteiger partial charge in [0, 0.05) is 0 Å². The first-order valence-corrected chi connectivity index (χ1v) is 8.99. The van der Waals surface area contributed by atoms with Gasteiger partial charge in [-0.1, -0.05) is 29.3 Å². The fraction of sp³-hybridized carbons (Fsp3) is 0.111. The molecule has 7 nitrogen and oxygen atoms in total. The van der Waals surface area contributed by atoms with Gasteiger partial charge >= 0.3 is 5.97 Å². The van der Waals surface area contributed by atoms with Crippen molar-refractivity contribution in [3.8, 4) is 0 Å². The minimum absolute atomic E-state index is 0.00947. The van der Waals surface area contributed by atoms with Crippen molar-refractivity contribution in [1.29, 1.82) is 0 Å². The maximum Gasteiger partial charge on any atom is 0.343 e. The van der Waals surface area contributed by atoms with Crippen molar-refractivity contribution >= 4 is 40.6 Å². The van der Waals surface area contributed by atoms with E-state index >= 15 is 0 Å². The van der Waals surface area contributed by atoms with Gasteiger partial charge in [0.05, 0.1) is 33.7 Å². The lowest BCUT2D eigenvalue weighted by molar-refractivity contribution is -0.165. The van der Waals surface area contributed by atoms with E-state index in [-0.39, 0.29) is 16.9 Å². The van der Waals surface area contributed by atoms with Crippen LogP contribution in [0, 0.1) is 0 Å². The third kappa shape index (κ3) is 2.95. The zero-order valence-electron chi connectivity index (χ0n) is 13.5. The van der Waals surface area contributed by atoms with Crippen LogP contribution in [0.15, 0.2) is 48.5 Å². The lowest BCUT2D eigenvalue weighted by Gasteiger charge is -2.12. The van der Waals surface area contributed by atoms with Crippen LogP contribution < -0.4 is 0 Å². The summed E-state index contributed by atoms with van der Waals surface area (Å²) in [5.74, 6) is -0.705. The van der Waals surface area contributed by atoms with Gasteiger partial charge in [-0.05, 0) is 24.3 Å². The fourth-order valence-electron chi connectivity index (χ4n) is 2.68. The number of rotatable bonds is 5. The van der Waals surface area contributed by atoms with Crippen LogP contribution in [0.1, 0.15) is 26.5 Å². The standard InChI is InChI=1S/C18H13N3O4S/c22-16(10-26-9-15-19-13-7-3-4-8-14(13)20-15)25-21-17(23)11-5-1-2-6-12(11)18(21)24/h1-8H,9-10H2,(H,19,20). The minimum Gasteiger partial charge on any atom is -0.341 e. The lowest BCUT2D eigenvalue weighted by Crippen LogP contribution is -2.33. The van der Waals surface area contributed by atoms with Crippen LogP contribution in [0.4, 0.5) is 0 Å². The van der Waals surface area contributed by atoms with Crippen LogP contribution in [-0.4, -0.2) is 38.6 Å². The number of nitrogens with one attached hydrogen (secondary N) is 1. The monoisotopic (exact) mass is 367 g/mol. The zero-order chi connectivity index (χ0) is 18.1. The Bertz CT molecular complexity index is 962. The summed E-state index contributed by atoms with van der Waals surface area (Å²) in [5.41, 5.74) is 2.26. The molecule has 4 rings (SSSR count). The molecule has 2 aromatic carbocycles. The zero-order valence-corrected chi connectivity index (χ0v) is 14.3. The average molecular weight is 367 g/mol. The Morgan fingerprint density at radius 3 is 2.38 bits per heavy atom. The Kier molecular flexibility index (Phi) is 4.18. The summed E-state index contributed by atoms with van der Waals surface area (Å²) in [6.45, 7) is 0. The Hall–Kier alpha value is -3.13. The highest BCUT2D eigenvalue weighted by molar-refractivity contribution is 7.99. The van der Waals surface area contributed by atoms with Crippen molar-refractivity contribution in [2.24, 2.45) is 0 Å². The smallest absolute Gasteiger partial charge is 0.341 e. The summed E-state index contributed by atoms with van der Waals surface area (Å²) in [6.07, 6.45) is 0. The van der Waals surface area contributed by atoms with Gasteiger partial charge in [0.15, 0.2) is 0 Å². The molecule has 2 amide bonds. The molecule has 0 saturated heterocycles. The number of aromatic nitrogens is 2. The van der Waals surface area contributed by atoms with Gasteiger partial charge < -0.3 is 9.82 Å². The second kappa shape index (κ2) is 6.64. The fourth-order valence-corrected chi connectivity index (χ4v) is 3.33. The van der Waals surface area contributed by atoms with Crippen molar-refractivity contribution in [3.05, 3.63) is 65.5 Å². The quantitative estimate of drug-likeness (QED) is 0.697. The van der Waals surface area contributed by atoms with Gasteiger partial charge in [-0.25, -0.2) is 9.78 Å². The molecular formula is C18H13N3O4S. The number of imide groups is 1. The van der Waals surface area contributed by atoms with Gasteiger partial charge in [-0.3, -0.25) is 9.59 Å². The Morgan fingerprint density at radius 2 is 1.69 bits per heavy atom. The van der Waals surface area contributed by atoms with Crippen LogP contribution in [0.3, 0.4) is 0 Å². The third-order valence-corrected chi connectivity index (χ3v) is 4.76. The number of H-pyrrole nitrogens is 1. The van der Waals surface area contributed by atoms with Gasteiger partial charge in [0.1, 0.15) is 5.82 Å². The number of fused-ring (bicyclic) bond motifs is 2. The maximum atomic E-state index is 12.1. The number of amides is 2. The normalized spacial score (nSPS) is 13.3. The molecule has 2 heterocycles. The van der Waals surface area contributed by atoms with Crippen molar-refractivity contribution in [2.45, 2.75) is 5.75 Å².